The van der Waals surface area contributed by atoms with Crippen molar-refractivity contribution in [3.05, 3.63) is 23.5 Å². The Bertz CT molecular complexity index is 592. The Hall–Kier alpha value is -0.830. The first kappa shape index (κ1) is 17.5. The minimum atomic E-state index is 0. The lowest BCUT2D eigenvalue weighted by molar-refractivity contribution is 0.266. The molecule has 3 rings (SSSR count). The number of hydrogen-bond donors (Lipinski definition) is 1. The molecule has 2 aromatic heterocycles. The van der Waals surface area contributed by atoms with Crippen LogP contribution in [0, 0.1) is 5.92 Å². The van der Waals surface area contributed by atoms with Gasteiger partial charge in [0.1, 0.15) is 0 Å². The highest BCUT2D eigenvalue weighted by atomic mass is 127. The molecule has 1 fully saturated rings. The number of nitrogens with one attached hydrogen (secondary N) is 1. The molecule has 0 saturated carbocycles. The van der Waals surface area contributed by atoms with E-state index in [0.717, 1.165) is 42.2 Å². The lowest BCUT2D eigenvalue weighted by atomic mass is 10.0. The summed E-state index contributed by atoms with van der Waals surface area (Å²) in [4.78, 5) is 12.8. The highest BCUT2D eigenvalue weighted by Gasteiger charge is 2.19. The number of aliphatic imine (C=N–C) groups is 1. The van der Waals surface area contributed by atoms with Crippen molar-refractivity contribution in [2.45, 2.75) is 33.2 Å². The van der Waals surface area contributed by atoms with Crippen molar-refractivity contribution in [3.63, 3.8) is 0 Å². The van der Waals surface area contributed by atoms with Crippen molar-refractivity contribution >= 4 is 46.2 Å². The summed E-state index contributed by atoms with van der Waals surface area (Å²) in [5.41, 5.74) is 1.03. The number of fused-ring (bicyclic) bond motifs is 1. The molecule has 1 aliphatic heterocycles. The van der Waals surface area contributed by atoms with Gasteiger partial charge in [0.05, 0.1) is 12.2 Å². The molecule has 1 aliphatic rings. The molecule has 1 N–H and O–H groups in total. The van der Waals surface area contributed by atoms with Crippen LogP contribution in [0.25, 0.3) is 4.96 Å². The van der Waals surface area contributed by atoms with Gasteiger partial charge in [-0.25, -0.2) is 9.98 Å². The van der Waals surface area contributed by atoms with E-state index in [1.165, 1.54) is 12.8 Å². The van der Waals surface area contributed by atoms with E-state index in [4.69, 9.17) is 4.99 Å². The Morgan fingerprint density at radius 3 is 3.14 bits per heavy atom. The smallest absolute Gasteiger partial charge is 0.194 e. The quantitative estimate of drug-likeness (QED) is 0.460. The summed E-state index contributed by atoms with van der Waals surface area (Å²) in [7, 11) is 0. The fourth-order valence-electron chi connectivity index (χ4n) is 2.82. The number of rotatable bonds is 3. The molecule has 0 amide bonds. The summed E-state index contributed by atoms with van der Waals surface area (Å²) in [6.45, 7) is 8.19. The molecular weight excluding hydrogens is 409 g/mol. The van der Waals surface area contributed by atoms with Crippen LogP contribution in [0.1, 0.15) is 32.4 Å². The van der Waals surface area contributed by atoms with E-state index in [9.17, 15) is 0 Å². The first-order valence-corrected chi connectivity index (χ1v) is 8.58. The molecule has 5 nitrogen and oxygen atoms in total. The maximum Gasteiger partial charge on any atom is 0.194 e. The van der Waals surface area contributed by atoms with Gasteiger partial charge >= 0.3 is 0 Å². The molecule has 0 aliphatic carbocycles. The van der Waals surface area contributed by atoms with Crippen LogP contribution in [0.5, 0.6) is 0 Å². The van der Waals surface area contributed by atoms with Crippen LogP contribution in [0.15, 0.2) is 22.8 Å². The van der Waals surface area contributed by atoms with E-state index in [0.29, 0.717) is 6.54 Å². The topological polar surface area (TPSA) is 44.9 Å². The molecular formula is C15H24IN5S. The summed E-state index contributed by atoms with van der Waals surface area (Å²) in [6, 6.07) is 0. The highest BCUT2D eigenvalue weighted by Crippen LogP contribution is 2.16. The number of nitrogens with zero attached hydrogens (tertiary/aromatic N) is 4. The van der Waals surface area contributed by atoms with Gasteiger partial charge in [0.15, 0.2) is 10.9 Å². The Labute approximate surface area is 152 Å². The Morgan fingerprint density at radius 1 is 1.55 bits per heavy atom. The molecule has 0 spiro atoms. The van der Waals surface area contributed by atoms with Gasteiger partial charge in [-0.1, -0.05) is 6.92 Å². The van der Waals surface area contributed by atoms with E-state index >= 15 is 0 Å². The van der Waals surface area contributed by atoms with E-state index in [1.807, 2.05) is 6.20 Å². The fourth-order valence-corrected chi connectivity index (χ4v) is 3.53. The van der Waals surface area contributed by atoms with Crippen LogP contribution in [0.2, 0.25) is 0 Å². The van der Waals surface area contributed by atoms with Gasteiger partial charge in [0, 0.05) is 37.4 Å². The second-order valence-electron chi connectivity index (χ2n) is 5.69. The van der Waals surface area contributed by atoms with Crippen LogP contribution in [-0.2, 0) is 6.54 Å². The summed E-state index contributed by atoms with van der Waals surface area (Å²) < 4.78 is 2.06. The first-order chi connectivity index (χ1) is 10.3. The fraction of sp³-hybridized carbons (Fsp3) is 0.600. The van der Waals surface area contributed by atoms with Crippen molar-refractivity contribution in [1.29, 1.82) is 0 Å². The minimum Gasteiger partial charge on any atom is -0.357 e. The second kappa shape index (κ2) is 8.14. The normalized spacial score (nSPS) is 19.3. The molecule has 7 heteroatoms. The van der Waals surface area contributed by atoms with E-state index in [2.05, 4.69) is 45.0 Å². The number of guanidine groups is 1. The predicted molar refractivity (Wildman–Crippen MR) is 103 cm³/mol. The second-order valence-corrected chi connectivity index (χ2v) is 6.56. The zero-order valence-electron chi connectivity index (χ0n) is 13.2. The monoisotopic (exact) mass is 433 g/mol. The summed E-state index contributed by atoms with van der Waals surface area (Å²) in [6.07, 6.45) is 6.69. The number of piperidine rings is 1. The third-order valence-electron chi connectivity index (χ3n) is 3.83. The van der Waals surface area contributed by atoms with Crippen LogP contribution in [0.4, 0.5) is 0 Å². The summed E-state index contributed by atoms with van der Waals surface area (Å²) in [5, 5.41) is 5.46. The number of aromatic nitrogens is 2. The third-order valence-corrected chi connectivity index (χ3v) is 4.60. The Balaban J connectivity index is 0.00000176. The molecule has 2 aromatic rings. The lowest BCUT2D eigenvalue weighted by Crippen LogP contribution is -2.46. The maximum absolute atomic E-state index is 4.78. The molecule has 0 radical (unpaired) electrons. The zero-order valence-corrected chi connectivity index (χ0v) is 16.3. The molecule has 1 atom stereocenters. The molecule has 3 heterocycles. The zero-order chi connectivity index (χ0) is 14.7. The maximum atomic E-state index is 4.78. The van der Waals surface area contributed by atoms with Gasteiger partial charge in [-0.2, -0.15) is 0 Å². The highest BCUT2D eigenvalue weighted by molar-refractivity contribution is 14.0. The third kappa shape index (κ3) is 4.13. The molecule has 1 unspecified atom stereocenters. The number of likely N-dealkylation sites (tertiary alicyclic amines) is 1. The van der Waals surface area contributed by atoms with Crippen LogP contribution >= 0.6 is 35.3 Å². The van der Waals surface area contributed by atoms with Crippen molar-refractivity contribution < 1.29 is 0 Å². The molecule has 22 heavy (non-hydrogen) atoms. The van der Waals surface area contributed by atoms with Crippen LogP contribution < -0.4 is 5.32 Å². The lowest BCUT2D eigenvalue weighted by Gasteiger charge is -2.33. The SMILES string of the molecule is CCNC(=NCc1cn2ccsc2n1)N1CCCC(C)C1.I. The van der Waals surface area contributed by atoms with E-state index in [-0.39, 0.29) is 24.0 Å². The van der Waals surface area contributed by atoms with Crippen molar-refractivity contribution in [2.24, 2.45) is 10.9 Å². The summed E-state index contributed by atoms with van der Waals surface area (Å²) >= 11 is 1.66. The van der Waals surface area contributed by atoms with Crippen molar-refractivity contribution in [3.8, 4) is 0 Å². The van der Waals surface area contributed by atoms with Gasteiger partial charge in [-0.05, 0) is 25.7 Å². The molecule has 0 bridgehead atoms. The van der Waals surface area contributed by atoms with Gasteiger partial charge in [0.25, 0.3) is 0 Å². The van der Waals surface area contributed by atoms with Gasteiger partial charge < -0.3 is 10.2 Å². The van der Waals surface area contributed by atoms with E-state index in [1.54, 1.807) is 11.3 Å². The summed E-state index contributed by atoms with van der Waals surface area (Å²) in [5.74, 6) is 1.78. The Morgan fingerprint density at radius 2 is 2.41 bits per heavy atom. The average molecular weight is 433 g/mol. The van der Waals surface area contributed by atoms with Gasteiger partial charge in [0.2, 0.25) is 0 Å². The van der Waals surface area contributed by atoms with Crippen molar-refractivity contribution in [2.75, 3.05) is 19.6 Å². The number of imidazole rings is 1. The largest absolute Gasteiger partial charge is 0.357 e. The molecule has 122 valence electrons. The van der Waals surface area contributed by atoms with Gasteiger partial charge in [-0.15, -0.1) is 35.3 Å². The predicted octanol–water partition coefficient (Wildman–Crippen LogP) is 3.21. The minimum absolute atomic E-state index is 0. The average Bonchev–Trinajstić information content (AvgIpc) is 3.04. The van der Waals surface area contributed by atoms with Gasteiger partial charge in [-0.3, -0.25) is 4.40 Å². The Kier molecular flexibility index (Phi) is 6.49. The molecule has 1 saturated heterocycles. The molecule has 0 aromatic carbocycles. The number of halogens is 1. The number of thiazole rings is 1. The van der Waals surface area contributed by atoms with Crippen molar-refractivity contribution in [1.82, 2.24) is 19.6 Å². The van der Waals surface area contributed by atoms with Crippen LogP contribution in [-0.4, -0.2) is 39.9 Å². The first-order valence-electron chi connectivity index (χ1n) is 7.70. The van der Waals surface area contributed by atoms with E-state index < -0.39 is 0 Å². The van der Waals surface area contributed by atoms with Crippen LogP contribution in [0.3, 0.4) is 0 Å². The number of hydrogen-bond acceptors (Lipinski definition) is 3. The standard InChI is InChI=1S/C15H23N5S.HI/c1-3-16-14(19-6-4-5-12(2)10-19)17-9-13-11-20-7-8-21-15(20)18-13;/h7-8,11-12H,3-6,9-10H2,1-2H3,(H,16,17);1H.